The van der Waals surface area contributed by atoms with Gasteiger partial charge in [-0.25, -0.2) is 15.0 Å². The molecule has 2 aliphatic rings. The first-order valence-corrected chi connectivity index (χ1v) is 10.7. The minimum Gasteiger partial charge on any atom is -0.369 e. The number of aromatic nitrogens is 2. The van der Waals surface area contributed by atoms with Gasteiger partial charge in [0.25, 0.3) is 0 Å². The number of rotatable bonds is 6. The molecule has 3 N–H and O–H groups in total. The van der Waals surface area contributed by atoms with E-state index in [0.717, 1.165) is 17.5 Å². The molecule has 1 aromatic heterocycles. The van der Waals surface area contributed by atoms with Gasteiger partial charge in [-0.1, -0.05) is 0 Å². The predicted octanol–water partition coefficient (Wildman–Crippen LogP) is 1.70. The Morgan fingerprint density at radius 2 is 1.84 bits per heavy atom. The largest absolute Gasteiger partial charge is 0.369 e. The summed E-state index contributed by atoms with van der Waals surface area (Å²) in [4.78, 5) is 39.3. The van der Waals surface area contributed by atoms with Crippen LogP contribution < -0.4 is 10.6 Å². The van der Waals surface area contributed by atoms with Crippen molar-refractivity contribution >= 4 is 23.7 Å². The molecule has 4 rings (SSSR count). The van der Waals surface area contributed by atoms with Crippen molar-refractivity contribution in [3.63, 3.8) is 0 Å². The van der Waals surface area contributed by atoms with Crippen molar-refractivity contribution in [2.24, 2.45) is 16.6 Å². The first-order valence-electron chi connectivity index (χ1n) is 10.7. The number of nitrogens with zero attached hydrogens (tertiary/aromatic N) is 5. The van der Waals surface area contributed by atoms with Crippen molar-refractivity contribution in [2.45, 2.75) is 31.9 Å². The number of aliphatic hydroxyl groups excluding tert-OH is 1. The molecule has 1 fully saturated rings. The lowest BCUT2D eigenvalue weighted by atomic mass is 9.96. The van der Waals surface area contributed by atoms with Crippen molar-refractivity contribution in [1.29, 1.82) is 0 Å². The van der Waals surface area contributed by atoms with Crippen LogP contribution in [0.25, 0.3) is 11.4 Å². The Morgan fingerprint density at radius 3 is 2.47 bits per heavy atom. The average molecular weight is 435 g/mol. The number of benzene rings is 1. The number of anilines is 1. The molecule has 32 heavy (non-hydrogen) atoms. The molecule has 9 nitrogen and oxygen atoms in total. The highest BCUT2D eigenvalue weighted by molar-refractivity contribution is 5.92. The molecule has 0 bridgehead atoms. The third kappa shape index (κ3) is 4.67. The van der Waals surface area contributed by atoms with E-state index in [4.69, 9.17) is 5.73 Å². The van der Waals surface area contributed by atoms with Crippen LogP contribution in [-0.2, 0) is 9.59 Å². The van der Waals surface area contributed by atoms with Crippen LogP contribution in [0.2, 0.25) is 0 Å². The predicted molar refractivity (Wildman–Crippen MR) is 120 cm³/mol. The quantitative estimate of drug-likeness (QED) is 0.663. The van der Waals surface area contributed by atoms with Gasteiger partial charge in [0.05, 0.1) is 5.70 Å². The third-order valence-electron chi connectivity index (χ3n) is 5.77. The second-order valence-corrected chi connectivity index (χ2v) is 7.86. The maximum Gasteiger partial charge on any atom is 0.220 e. The van der Waals surface area contributed by atoms with E-state index in [-0.39, 0.29) is 11.8 Å². The van der Waals surface area contributed by atoms with Gasteiger partial charge in [-0.05, 0) is 49.6 Å². The van der Waals surface area contributed by atoms with Crippen molar-refractivity contribution in [3.8, 4) is 11.4 Å². The van der Waals surface area contributed by atoms with Crippen molar-refractivity contribution in [2.75, 3.05) is 18.0 Å². The summed E-state index contributed by atoms with van der Waals surface area (Å²) in [7, 11) is 0. The lowest BCUT2D eigenvalue weighted by Gasteiger charge is -2.39. The summed E-state index contributed by atoms with van der Waals surface area (Å²) in [5.41, 5.74) is 7.81. The number of nitrogens with two attached hydrogens (primary N) is 1. The minimum atomic E-state index is -0.987. The highest BCUT2D eigenvalue weighted by Gasteiger charge is 2.32. The van der Waals surface area contributed by atoms with E-state index in [0.29, 0.717) is 56.1 Å². The van der Waals surface area contributed by atoms with Gasteiger partial charge in [-0.2, -0.15) is 0 Å². The molecule has 2 aliphatic heterocycles. The molecular formula is C23H26N6O3. The van der Waals surface area contributed by atoms with Gasteiger partial charge >= 0.3 is 0 Å². The number of allylic oxidation sites excluding steroid dienone is 1. The number of primary amides is 1. The Balaban J connectivity index is 1.58. The highest BCUT2D eigenvalue weighted by Crippen LogP contribution is 2.28. The Kier molecular flexibility index (Phi) is 6.55. The Morgan fingerprint density at radius 1 is 1.16 bits per heavy atom. The van der Waals surface area contributed by atoms with Crippen LogP contribution in [-0.4, -0.2) is 57.3 Å². The number of carbonyl (C=O) groups is 2. The van der Waals surface area contributed by atoms with E-state index >= 15 is 0 Å². The molecule has 1 amide bonds. The van der Waals surface area contributed by atoms with Crippen molar-refractivity contribution in [1.82, 2.24) is 14.9 Å². The van der Waals surface area contributed by atoms with Crippen LogP contribution in [0.3, 0.4) is 0 Å². The first kappa shape index (κ1) is 21.6. The lowest BCUT2D eigenvalue weighted by Crippen LogP contribution is -2.52. The van der Waals surface area contributed by atoms with Crippen LogP contribution in [0, 0.1) is 5.92 Å². The summed E-state index contributed by atoms with van der Waals surface area (Å²) in [6.45, 7) is 1.17. The van der Waals surface area contributed by atoms with Crippen molar-refractivity contribution < 1.29 is 14.7 Å². The minimum absolute atomic E-state index is 0.151. The van der Waals surface area contributed by atoms with Gasteiger partial charge in [0.1, 0.15) is 6.29 Å². The average Bonchev–Trinajstić information content (AvgIpc) is 2.84. The van der Waals surface area contributed by atoms with Crippen LogP contribution >= 0.6 is 0 Å². The molecule has 1 atom stereocenters. The second-order valence-electron chi connectivity index (χ2n) is 7.86. The summed E-state index contributed by atoms with van der Waals surface area (Å²) in [5.74, 6) is 0.708. The lowest BCUT2D eigenvalue weighted by molar-refractivity contribution is -0.122. The Labute approximate surface area is 186 Å². The van der Waals surface area contributed by atoms with Crippen LogP contribution in [0.4, 0.5) is 5.69 Å². The molecule has 9 heteroatoms. The molecule has 1 saturated heterocycles. The van der Waals surface area contributed by atoms with E-state index in [1.54, 1.807) is 29.6 Å². The Bertz CT molecular complexity index is 1010. The number of piperidine rings is 1. The standard InChI is InChI=1S/C23H26N6O3/c24-20(31)16-8-12-28(13-9-16)22-23(32)29(15-18(27-22)3-1-14-30)19-6-4-17(5-7-19)21-25-10-2-11-26-21/h2,4-7,10-11,14-16,23,32H,1,3,8-9,12-13H2,(H2,24,31). The normalized spacial score (nSPS) is 19.3. The number of carbonyl (C=O) groups excluding carboxylic acids is 2. The van der Waals surface area contributed by atoms with Crippen LogP contribution in [0.1, 0.15) is 25.7 Å². The highest BCUT2D eigenvalue weighted by atomic mass is 16.3. The number of aliphatic hydroxyl groups is 1. The molecular weight excluding hydrogens is 408 g/mol. The SMILES string of the molecule is NC(=O)C1CCN(C2=NC(CCC=O)=CN(c3ccc(-c4ncccn4)cc3)C2O)CC1. The zero-order chi connectivity index (χ0) is 22.5. The number of amides is 1. The van der Waals surface area contributed by atoms with E-state index < -0.39 is 6.23 Å². The molecule has 0 saturated carbocycles. The zero-order valence-electron chi connectivity index (χ0n) is 17.7. The molecule has 1 unspecified atom stereocenters. The smallest absolute Gasteiger partial charge is 0.220 e. The van der Waals surface area contributed by atoms with Gasteiger partial charge in [-0.15, -0.1) is 0 Å². The number of aldehydes is 1. The third-order valence-corrected chi connectivity index (χ3v) is 5.77. The summed E-state index contributed by atoms with van der Waals surface area (Å²) >= 11 is 0. The van der Waals surface area contributed by atoms with Gasteiger partial charge in [0, 0.05) is 55.3 Å². The fraction of sp³-hybridized carbons (Fsp3) is 0.348. The molecule has 0 spiro atoms. The summed E-state index contributed by atoms with van der Waals surface area (Å²) in [6.07, 6.45) is 7.11. The van der Waals surface area contributed by atoms with E-state index in [1.807, 2.05) is 29.2 Å². The molecule has 3 heterocycles. The number of hydrogen-bond acceptors (Lipinski definition) is 8. The van der Waals surface area contributed by atoms with Gasteiger partial charge in [0.15, 0.2) is 17.9 Å². The van der Waals surface area contributed by atoms with Crippen LogP contribution in [0.5, 0.6) is 0 Å². The summed E-state index contributed by atoms with van der Waals surface area (Å²) in [5, 5.41) is 11.2. The number of likely N-dealkylation sites (tertiary alicyclic amines) is 1. The van der Waals surface area contributed by atoms with Crippen LogP contribution in [0.15, 0.2) is 59.6 Å². The van der Waals surface area contributed by atoms with E-state index in [9.17, 15) is 14.7 Å². The molecule has 166 valence electrons. The summed E-state index contributed by atoms with van der Waals surface area (Å²) in [6, 6.07) is 9.36. The summed E-state index contributed by atoms with van der Waals surface area (Å²) < 4.78 is 0. The molecule has 0 radical (unpaired) electrons. The van der Waals surface area contributed by atoms with Gasteiger partial charge in [-0.3, -0.25) is 4.79 Å². The molecule has 2 aromatic rings. The number of amidine groups is 1. The second kappa shape index (κ2) is 9.69. The topological polar surface area (TPSA) is 125 Å². The maximum absolute atomic E-state index is 11.5. The fourth-order valence-corrected chi connectivity index (χ4v) is 3.99. The molecule has 0 aliphatic carbocycles. The van der Waals surface area contributed by atoms with Gasteiger partial charge < -0.3 is 25.4 Å². The fourth-order valence-electron chi connectivity index (χ4n) is 3.99. The van der Waals surface area contributed by atoms with Gasteiger partial charge in [0.2, 0.25) is 5.91 Å². The van der Waals surface area contributed by atoms with E-state index in [2.05, 4.69) is 15.0 Å². The Hall–Kier alpha value is -3.59. The molecule has 1 aromatic carbocycles. The van der Waals surface area contributed by atoms with Crippen molar-refractivity contribution in [3.05, 3.63) is 54.6 Å². The monoisotopic (exact) mass is 434 g/mol. The number of aliphatic imine (C=N–C) groups is 1. The number of hydrogen-bond donors (Lipinski definition) is 2. The zero-order valence-corrected chi connectivity index (χ0v) is 17.7. The first-order chi connectivity index (χ1) is 15.6. The van der Waals surface area contributed by atoms with E-state index in [1.165, 1.54) is 0 Å². The maximum atomic E-state index is 11.5.